The third kappa shape index (κ3) is 31.1. The lowest BCUT2D eigenvalue weighted by atomic mass is 10.0. The van der Waals surface area contributed by atoms with Gasteiger partial charge in [0.25, 0.3) is 0 Å². The Morgan fingerprint density at radius 3 is 1.31 bits per heavy atom. The van der Waals surface area contributed by atoms with Gasteiger partial charge < -0.3 is 29.0 Å². The van der Waals surface area contributed by atoms with Crippen molar-refractivity contribution in [2.24, 2.45) is 0 Å². The second-order valence-electron chi connectivity index (χ2n) is 10.5. The maximum absolute atomic E-state index is 11.5. The van der Waals surface area contributed by atoms with Crippen LogP contribution >= 0.6 is 0 Å². The van der Waals surface area contributed by atoms with Gasteiger partial charge in [0.05, 0.1) is 46.2 Å². The van der Waals surface area contributed by atoms with Gasteiger partial charge in [0.15, 0.2) is 0 Å². The Labute approximate surface area is 222 Å². The van der Waals surface area contributed by atoms with Gasteiger partial charge in [-0.05, 0) is 27.2 Å². The maximum atomic E-state index is 11.5. The number of hydrogen-bond donors (Lipinski definition) is 1. The van der Waals surface area contributed by atoms with Crippen LogP contribution in [0.15, 0.2) is 0 Å². The molecule has 0 aliphatic heterocycles. The van der Waals surface area contributed by atoms with E-state index >= 15 is 0 Å². The van der Waals surface area contributed by atoms with E-state index in [1.165, 1.54) is 83.5 Å². The predicted octanol–water partition coefficient (Wildman–Crippen LogP) is 7.06. The van der Waals surface area contributed by atoms with Crippen molar-refractivity contribution in [2.75, 3.05) is 59.4 Å². The van der Waals surface area contributed by atoms with E-state index in [4.69, 9.17) is 23.7 Å². The molecule has 0 aliphatic carbocycles. The molecular formula is C29H59NO6. The summed E-state index contributed by atoms with van der Waals surface area (Å²) < 4.78 is 27.2. The molecule has 1 N–H and O–H groups in total. The molecule has 0 unspecified atom stereocenters. The Kier molecular flexibility index (Phi) is 26.5. The van der Waals surface area contributed by atoms with E-state index in [-0.39, 0.29) is 0 Å². The van der Waals surface area contributed by atoms with Gasteiger partial charge in [0.2, 0.25) is 0 Å². The quantitative estimate of drug-likeness (QED) is 0.118. The average Bonchev–Trinajstić information content (AvgIpc) is 2.82. The van der Waals surface area contributed by atoms with Gasteiger partial charge in [-0.1, -0.05) is 90.4 Å². The Bertz CT molecular complexity index is 456. The third-order valence-electron chi connectivity index (χ3n) is 5.67. The minimum atomic E-state index is -0.487. The predicted molar refractivity (Wildman–Crippen MR) is 148 cm³/mol. The number of unbranched alkanes of at least 4 members (excludes halogenated alkanes) is 13. The van der Waals surface area contributed by atoms with Gasteiger partial charge in [-0.3, -0.25) is 0 Å². The van der Waals surface area contributed by atoms with Crippen LogP contribution in [0.5, 0.6) is 0 Å². The molecule has 0 aliphatic rings. The molecule has 1 amide bonds. The smallest absolute Gasteiger partial charge is 0.407 e. The number of carbonyl (C=O) groups is 1. The third-order valence-corrected chi connectivity index (χ3v) is 5.67. The highest BCUT2D eigenvalue weighted by Crippen LogP contribution is 2.13. The molecule has 0 saturated heterocycles. The van der Waals surface area contributed by atoms with Crippen molar-refractivity contribution in [3.63, 3.8) is 0 Å². The van der Waals surface area contributed by atoms with Crippen LogP contribution < -0.4 is 5.32 Å². The van der Waals surface area contributed by atoms with Gasteiger partial charge in [-0.15, -0.1) is 0 Å². The van der Waals surface area contributed by atoms with E-state index in [1.54, 1.807) is 0 Å². The second-order valence-corrected chi connectivity index (χ2v) is 10.5. The largest absolute Gasteiger partial charge is 0.444 e. The van der Waals surface area contributed by atoms with Crippen LogP contribution in [0.3, 0.4) is 0 Å². The van der Waals surface area contributed by atoms with Crippen LogP contribution in [0.1, 0.15) is 118 Å². The van der Waals surface area contributed by atoms with Crippen LogP contribution in [-0.2, 0) is 23.7 Å². The Hall–Kier alpha value is -0.890. The molecule has 0 aromatic rings. The van der Waals surface area contributed by atoms with E-state index in [1.807, 2.05) is 20.8 Å². The molecular weight excluding hydrogens is 458 g/mol. The molecule has 0 fully saturated rings. The molecule has 0 radical (unpaired) electrons. The molecule has 7 nitrogen and oxygen atoms in total. The first-order valence-electron chi connectivity index (χ1n) is 14.7. The average molecular weight is 518 g/mol. The summed E-state index contributed by atoms with van der Waals surface area (Å²) in [5, 5.41) is 2.65. The van der Waals surface area contributed by atoms with Crippen molar-refractivity contribution < 1.29 is 28.5 Å². The van der Waals surface area contributed by atoms with E-state index in [0.717, 1.165) is 13.0 Å². The highest BCUT2D eigenvalue weighted by atomic mass is 16.6. The zero-order valence-corrected chi connectivity index (χ0v) is 24.2. The minimum absolute atomic E-state index is 0.414. The van der Waals surface area contributed by atoms with Crippen molar-refractivity contribution >= 4 is 6.09 Å². The first-order chi connectivity index (χ1) is 17.5. The molecule has 0 aromatic carbocycles. The summed E-state index contributed by atoms with van der Waals surface area (Å²) in [5.74, 6) is 0. The molecule has 0 heterocycles. The number of alkyl carbamates (subject to hydrolysis) is 1. The molecule has 0 saturated carbocycles. The first kappa shape index (κ1) is 35.1. The number of rotatable bonds is 27. The summed E-state index contributed by atoms with van der Waals surface area (Å²) in [6.45, 7) is 12.8. The van der Waals surface area contributed by atoms with Crippen LogP contribution in [0, 0.1) is 0 Å². The number of amides is 1. The summed E-state index contributed by atoms with van der Waals surface area (Å²) in [6.07, 6.45) is 18.8. The normalized spacial score (nSPS) is 11.7. The summed E-state index contributed by atoms with van der Waals surface area (Å²) in [7, 11) is 0. The Morgan fingerprint density at radius 1 is 0.528 bits per heavy atom. The minimum Gasteiger partial charge on any atom is -0.444 e. The standard InChI is InChI=1S/C29H59NO6/c1-5-6-7-8-9-10-11-12-13-14-15-16-17-18-20-32-22-24-34-26-27-35-25-23-33-21-19-30-28(31)36-29(2,3)4/h5-27H2,1-4H3,(H,30,31). The summed E-state index contributed by atoms with van der Waals surface area (Å²) in [5.41, 5.74) is -0.487. The zero-order valence-electron chi connectivity index (χ0n) is 24.2. The first-order valence-corrected chi connectivity index (χ1v) is 14.7. The van der Waals surface area contributed by atoms with Crippen molar-refractivity contribution in [1.29, 1.82) is 0 Å². The summed E-state index contributed by atoms with van der Waals surface area (Å²) in [4.78, 5) is 11.5. The van der Waals surface area contributed by atoms with E-state index in [9.17, 15) is 4.79 Å². The van der Waals surface area contributed by atoms with Gasteiger partial charge in [0, 0.05) is 13.2 Å². The molecule has 36 heavy (non-hydrogen) atoms. The highest BCUT2D eigenvalue weighted by molar-refractivity contribution is 5.67. The molecule has 7 heteroatoms. The van der Waals surface area contributed by atoms with Gasteiger partial charge in [-0.25, -0.2) is 4.79 Å². The van der Waals surface area contributed by atoms with Crippen LogP contribution in [-0.4, -0.2) is 71.1 Å². The molecule has 216 valence electrons. The lowest BCUT2D eigenvalue weighted by molar-refractivity contribution is -0.00214. The van der Waals surface area contributed by atoms with Gasteiger partial charge >= 0.3 is 6.09 Å². The van der Waals surface area contributed by atoms with Crippen molar-refractivity contribution in [2.45, 2.75) is 123 Å². The van der Waals surface area contributed by atoms with E-state index < -0.39 is 11.7 Å². The fourth-order valence-electron chi connectivity index (χ4n) is 3.70. The Morgan fingerprint density at radius 2 is 0.889 bits per heavy atom. The number of nitrogens with one attached hydrogen (secondary N) is 1. The van der Waals surface area contributed by atoms with Crippen molar-refractivity contribution in [3.8, 4) is 0 Å². The van der Waals surface area contributed by atoms with E-state index in [0.29, 0.717) is 52.8 Å². The van der Waals surface area contributed by atoms with Gasteiger partial charge in [0.1, 0.15) is 5.60 Å². The zero-order chi connectivity index (χ0) is 26.6. The van der Waals surface area contributed by atoms with Crippen LogP contribution in [0.2, 0.25) is 0 Å². The fourth-order valence-corrected chi connectivity index (χ4v) is 3.70. The van der Waals surface area contributed by atoms with Crippen LogP contribution in [0.4, 0.5) is 4.79 Å². The highest BCUT2D eigenvalue weighted by Gasteiger charge is 2.15. The van der Waals surface area contributed by atoms with Gasteiger partial charge in [-0.2, -0.15) is 0 Å². The number of ether oxygens (including phenoxy) is 5. The molecule has 0 bridgehead atoms. The molecule has 0 spiro atoms. The summed E-state index contributed by atoms with van der Waals surface area (Å²) >= 11 is 0. The number of carbonyl (C=O) groups excluding carboxylic acids is 1. The fraction of sp³-hybridized carbons (Fsp3) is 0.966. The maximum Gasteiger partial charge on any atom is 0.407 e. The van der Waals surface area contributed by atoms with Crippen molar-refractivity contribution in [1.82, 2.24) is 5.32 Å². The molecule has 0 rings (SSSR count). The lowest BCUT2D eigenvalue weighted by Crippen LogP contribution is -2.34. The Balaban J connectivity index is 3.09. The SMILES string of the molecule is CCCCCCCCCCCCCCCCOCCOCCOCCOCCNC(=O)OC(C)(C)C. The molecule has 0 aromatic heterocycles. The number of hydrogen-bond acceptors (Lipinski definition) is 6. The monoisotopic (exact) mass is 517 g/mol. The molecule has 0 atom stereocenters. The van der Waals surface area contributed by atoms with E-state index in [2.05, 4.69) is 12.2 Å². The van der Waals surface area contributed by atoms with Crippen LogP contribution in [0.25, 0.3) is 0 Å². The summed E-state index contributed by atoms with van der Waals surface area (Å²) in [6, 6.07) is 0. The second kappa shape index (κ2) is 27.2. The lowest BCUT2D eigenvalue weighted by Gasteiger charge is -2.19. The topological polar surface area (TPSA) is 75.3 Å². The van der Waals surface area contributed by atoms with Crippen molar-refractivity contribution in [3.05, 3.63) is 0 Å².